The highest BCUT2D eigenvalue weighted by atomic mass is 35.5. The van der Waals surface area contributed by atoms with Gasteiger partial charge in [0.15, 0.2) is 0 Å². The third kappa shape index (κ3) is 4.31. The summed E-state index contributed by atoms with van der Waals surface area (Å²) >= 11 is 8.90. The van der Waals surface area contributed by atoms with Crippen molar-refractivity contribution >= 4 is 46.0 Å². The van der Waals surface area contributed by atoms with E-state index in [0.29, 0.717) is 16.6 Å². The fourth-order valence-corrected chi connectivity index (χ4v) is 5.06. The number of nitrogens with one attached hydrogen (secondary N) is 1. The number of thiophene rings is 1. The minimum Gasteiger partial charge on any atom is -0.356 e. The number of hydrogen-bond acceptors (Lipinski definition) is 6. The summed E-state index contributed by atoms with van der Waals surface area (Å²) in [7, 11) is 0. The fourth-order valence-electron chi connectivity index (χ4n) is 3.15. The first-order valence-corrected chi connectivity index (χ1v) is 11.0. The van der Waals surface area contributed by atoms with E-state index in [9.17, 15) is 4.79 Å². The molecule has 0 aliphatic carbocycles. The summed E-state index contributed by atoms with van der Waals surface area (Å²) < 4.78 is 0.716. The molecule has 0 radical (unpaired) electrons. The van der Waals surface area contributed by atoms with Crippen molar-refractivity contribution in [2.45, 2.75) is 25.8 Å². The van der Waals surface area contributed by atoms with E-state index in [1.54, 1.807) is 5.38 Å². The highest BCUT2D eigenvalue weighted by molar-refractivity contribution is 7.23. The van der Waals surface area contributed by atoms with E-state index in [-0.39, 0.29) is 5.91 Å². The summed E-state index contributed by atoms with van der Waals surface area (Å²) in [5.74, 6) is 0.804. The van der Waals surface area contributed by atoms with E-state index in [0.717, 1.165) is 34.4 Å². The third-order valence-corrected chi connectivity index (χ3v) is 6.73. The molecular formula is C19H19ClN4OS2. The molecule has 5 nitrogen and oxygen atoms in total. The van der Waals surface area contributed by atoms with Crippen LogP contribution in [0.2, 0.25) is 4.34 Å². The predicted octanol–water partition coefficient (Wildman–Crippen LogP) is 4.84. The standard InChI is InChI=1S/C19H19ClN4OS2/c20-16-7-6-15(27-16)19-23-14(12-26-19)18(25)22-11-13-5-4-8-21-17(13)24-9-2-1-3-10-24/h4-8,12H,1-3,9-11H2,(H,22,25). The van der Waals surface area contributed by atoms with Crippen LogP contribution < -0.4 is 10.2 Å². The lowest BCUT2D eigenvalue weighted by Crippen LogP contribution is -2.32. The Kier molecular flexibility index (Phi) is 5.71. The van der Waals surface area contributed by atoms with Gasteiger partial charge >= 0.3 is 0 Å². The lowest BCUT2D eigenvalue weighted by atomic mass is 10.1. The highest BCUT2D eigenvalue weighted by Crippen LogP contribution is 2.33. The molecule has 3 aromatic rings. The van der Waals surface area contributed by atoms with Gasteiger partial charge in [-0.15, -0.1) is 22.7 Å². The minimum atomic E-state index is -0.173. The Bertz CT molecular complexity index is 933. The second-order valence-electron chi connectivity index (χ2n) is 6.36. The van der Waals surface area contributed by atoms with Crippen molar-refractivity contribution in [1.82, 2.24) is 15.3 Å². The van der Waals surface area contributed by atoms with Gasteiger partial charge in [0.1, 0.15) is 16.5 Å². The van der Waals surface area contributed by atoms with Gasteiger partial charge in [-0.2, -0.15) is 0 Å². The lowest BCUT2D eigenvalue weighted by Gasteiger charge is -2.29. The van der Waals surface area contributed by atoms with Crippen LogP contribution in [-0.2, 0) is 6.54 Å². The van der Waals surface area contributed by atoms with Crippen molar-refractivity contribution < 1.29 is 4.79 Å². The van der Waals surface area contributed by atoms with Crippen LogP contribution in [0.5, 0.6) is 0 Å². The van der Waals surface area contributed by atoms with Gasteiger partial charge in [-0.3, -0.25) is 4.79 Å². The molecule has 0 atom stereocenters. The number of thiazole rings is 1. The second kappa shape index (κ2) is 8.37. The third-order valence-electron chi connectivity index (χ3n) is 4.48. The SMILES string of the molecule is O=C(NCc1cccnc1N1CCCCC1)c1csc(-c2ccc(Cl)s2)n1. The molecule has 1 fully saturated rings. The smallest absolute Gasteiger partial charge is 0.271 e. The molecule has 1 N–H and O–H groups in total. The Labute approximate surface area is 171 Å². The van der Waals surface area contributed by atoms with Gasteiger partial charge < -0.3 is 10.2 Å². The summed E-state index contributed by atoms with van der Waals surface area (Å²) in [6.45, 7) is 2.49. The van der Waals surface area contributed by atoms with Gasteiger partial charge in [0.2, 0.25) is 0 Å². The van der Waals surface area contributed by atoms with Crippen molar-refractivity contribution in [2.75, 3.05) is 18.0 Å². The first-order chi connectivity index (χ1) is 13.2. The summed E-state index contributed by atoms with van der Waals surface area (Å²) in [5, 5.41) is 5.58. The molecule has 0 saturated carbocycles. The molecule has 8 heteroatoms. The Morgan fingerprint density at radius 1 is 1.22 bits per heavy atom. The van der Waals surface area contributed by atoms with Crippen LogP contribution in [-0.4, -0.2) is 29.0 Å². The Morgan fingerprint density at radius 3 is 2.85 bits per heavy atom. The maximum atomic E-state index is 12.5. The van der Waals surface area contributed by atoms with E-state index in [4.69, 9.17) is 11.6 Å². The molecule has 4 heterocycles. The maximum absolute atomic E-state index is 12.5. The number of halogens is 1. The van der Waals surface area contributed by atoms with Crippen molar-refractivity contribution in [3.8, 4) is 9.88 Å². The number of pyridine rings is 1. The number of carbonyl (C=O) groups is 1. The van der Waals surface area contributed by atoms with Gasteiger partial charge in [0, 0.05) is 36.8 Å². The molecule has 140 valence electrons. The topological polar surface area (TPSA) is 58.1 Å². The van der Waals surface area contributed by atoms with Crippen LogP contribution in [0.1, 0.15) is 35.3 Å². The number of carbonyl (C=O) groups excluding carboxylic acids is 1. The number of amides is 1. The predicted molar refractivity (Wildman–Crippen MR) is 112 cm³/mol. The summed E-state index contributed by atoms with van der Waals surface area (Å²) in [6, 6.07) is 7.70. The summed E-state index contributed by atoms with van der Waals surface area (Å²) in [5.41, 5.74) is 1.47. The number of nitrogens with zero attached hydrogens (tertiary/aromatic N) is 3. The van der Waals surface area contributed by atoms with Gasteiger partial charge in [-0.1, -0.05) is 17.7 Å². The number of aromatic nitrogens is 2. The van der Waals surface area contributed by atoms with Crippen LogP contribution in [0.25, 0.3) is 9.88 Å². The largest absolute Gasteiger partial charge is 0.356 e. The molecule has 0 spiro atoms. The molecule has 27 heavy (non-hydrogen) atoms. The number of hydrogen-bond donors (Lipinski definition) is 1. The molecule has 0 unspecified atom stereocenters. The van der Waals surface area contributed by atoms with E-state index in [1.807, 2.05) is 30.5 Å². The van der Waals surface area contributed by atoms with Crippen molar-refractivity contribution in [2.24, 2.45) is 0 Å². The van der Waals surface area contributed by atoms with Crippen molar-refractivity contribution in [1.29, 1.82) is 0 Å². The first-order valence-electron chi connectivity index (χ1n) is 8.89. The average Bonchev–Trinajstić information content (AvgIpc) is 3.36. The number of piperidine rings is 1. The molecule has 1 amide bonds. The lowest BCUT2D eigenvalue weighted by molar-refractivity contribution is 0.0946. The summed E-state index contributed by atoms with van der Waals surface area (Å²) in [6.07, 6.45) is 5.47. The zero-order chi connectivity index (χ0) is 18.6. The minimum absolute atomic E-state index is 0.173. The zero-order valence-electron chi connectivity index (χ0n) is 14.7. The molecule has 0 bridgehead atoms. The Morgan fingerprint density at radius 2 is 2.07 bits per heavy atom. The van der Waals surface area contributed by atoms with Crippen LogP contribution in [0, 0.1) is 0 Å². The van der Waals surface area contributed by atoms with E-state index < -0.39 is 0 Å². The normalized spacial score (nSPS) is 14.3. The van der Waals surface area contributed by atoms with Crippen LogP contribution >= 0.6 is 34.3 Å². The van der Waals surface area contributed by atoms with Gasteiger partial charge in [0.25, 0.3) is 5.91 Å². The molecular weight excluding hydrogens is 400 g/mol. The Balaban J connectivity index is 1.43. The molecule has 3 aromatic heterocycles. The first kappa shape index (κ1) is 18.4. The fraction of sp³-hybridized carbons (Fsp3) is 0.316. The molecule has 0 aromatic carbocycles. The van der Waals surface area contributed by atoms with Gasteiger partial charge in [-0.25, -0.2) is 9.97 Å². The van der Waals surface area contributed by atoms with Crippen LogP contribution in [0.3, 0.4) is 0 Å². The molecule has 1 saturated heterocycles. The van der Waals surface area contributed by atoms with Crippen LogP contribution in [0.4, 0.5) is 5.82 Å². The Hall–Kier alpha value is -1.96. The average molecular weight is 419 g/mol. The number of rotatable bonds is 5. The molecule has 1 aliphatic heterocycles. The summed E-state index contributed by atoms with van der Waals surface area (Å²) in [4.78, 5) is 24.8. The van der Waals surface area contributed by atoms with Gasteiger partial charge in [-0.05, 0) is 37.5 Å². The highest BCUT2D eigenvalue weighted by Gasteiger charge is 2.17. The van der Waals surface area contributed by atoms with E-state index in [2.05, 4.69) is 20.2 Å². The quantitative estimate of drug-likeness (QED) is 0.644. The van der Waals surface area contributed by atoms with Crippen molar-refractivity contribution in [3.05, 3.63) is 51.4 Å². The van der Waals surface area contributed by atoms with E-state index >= 15 is 0 Å². The number of anilines is 1. The zero-order valence-corrected chi connectivity index (χ0v) is 17.0. The monoisotopic (exact) mass is 418 g/mol. The van der Waals surface area contributed by atoms with Crippen molar-refractivity contribution in [3.63, 3.8) is 0 Å². The second-order valence-corrected chi connectivity index (χ2v) is 8.93. The molecule has 4 rings (SSSR count). The van der Waals surface area contributed by atoms with Crippen LogP contribution in [0.15, 0.2) is 35.8 Å². The van der Waals surface area contributed by atoms with Gasteiger partial charge in [0.05, 0.1) is 9.21 Å². The maximum Gasteiger partial charge on any atom is 0.271 e. The molecule has 1 aliphatic rings. The van der Waals surface area contributed by atoms with E-state index in [1.165, 1.54) is 41.9 Å².